The third kappa shape index (κ3) is 6.60. The first-order valence-corrected chi connectivity index (χ1v) is 20.6. The van der Waals surface area contributed by atoms with Gasteiger partial charge in [0.2, 0.25) is 0 Å². The van der Waals surface area contributed by atoms with E-state index in [0.29, 0.717) is 23.7 Å². The van der Waals surface area contributed by atoms with Gasteiger partial charge in [0.25, 0.3) is 0 Å². The fraction of sp³-hybridized carbons (Fsp3) is 0.259. The molecule has 0 aromatic heterocycles. The van der Waals surface area contributed by atoms with E-state index in [2.05, 4.69) is 212 Å². The Hall–Kier alpha value is -5.60. The van der Waals surface area contributed by atoms with Crippen molar-refractivity contribution in [3.8, 4) is 0 Å². The van der Waals surface area contributed by atoms with Gasteiger partial charge >= 0.3 is 0 Å². The summed E-state index contributed by atoms with van der Waals surface area (Å²) in [4.78, 5) is 4.97. The number of rotatable bonds is 10. The molecule has 0 fully saturated rings. The molecule has 282 valence electrons. The molecule has 2 heteroatoms. The predicted octanol–water partition coefficient (Wildman–Crippen LogP) is 16.6. The van der Waals surface area contributed by atoms with Crippen molar-refractivity contribution in [2.24, 2.45) is 0 Å². The predicted molar refractivity (Wildman–Crippen MR) is 245 cm³/mol. The Morgan fingerprint density at radius 3 is 0.893 bits per heavy atom. The third-order valence-corrected chi connectivity index (χ3v) is 11.9. The van der Waals surface area contributed by atoms with Gasteiger partial charge in [0.15, 0.2) is 0 Å². The molecular formula is C54H56N2. The molecule has 0 bridgehead atoms. The number of anilines is 6. The van der Waals surface area contributed by atoms with Crippen LogP contribution >= 0.6 is 0 Å². The van der Waals surface area contributed by atoms with Gasteiger partial charge in [0, 0.05) is 33.5 Å². The van der Waals surface area contributed by atoms with Crippen molar-refractivity contribution in [3.63, 3.8) is 0 Å². The van der Waals surface area contributed by atoms with Gasteiger partial charge in [-0.15, -0.1) is 0 Å². The van der Waals surface area contributed by atoms with Crippen LogP contribution in [-0.4, -0.2) is 0 Å². The second kappa shape index (κ2) is 14.8. The number of nitrogens with zero attached hydrogens (tertiary/aromatic N) is 2. The van der Waals surface area contributed by atoms with E-state index in [9.17, 15) is 0 Å². The van der Waals surface area contributed by atoms with E-state index in [0.717, 1.165) is 11.4 Å². The standard InChI is InChI=1S/C54H56N2/c1-33(2)39-15-23-43(24-16-39)55(41-19-11-37(9)12-20-41)51-31-49(35(5)6)45-28-30-48-52(32-50(36(7)8)46-27-29-47(51)53(45)54(46)48)56(42-21-13-38(10)14-22-42)44-25-17-40(18-26-44)34(3)4/h11-36H,1-10H3. The SMILES string of the molecule is Cc1ccc(N(c2ccc(C(C)C)cc2)c2cc(C(C)C)c3ccc4c(N(c5ccc(C)cc5)c5ccc(C(C)C)cc5)cc(C(C)C)c5ccc2c3c54)cc1. The molecule has 56 heavy (non-hydrogen) atoms. The Morgan fingerprint density at radius 2 is 0.607 bits per heavy atom. The molecule has 0 aliphatic heterocycles. The maximum atomic E-state index is 2.49. The number of hydrogen-bond acceptors (Lipinski definition) is 2. The molecule has 0 aliphatic carbocycles. The van der Waals surface area contributed by atoms with Crippen LogP contribution in [0.25, 0.3) is 32.3 Å². The molecule has 0 saturated heterocycles. The largest absolute Gasteiger partial charge is 0.310 e. The van der Waals surface area contributed by atoms with Crippen LogP contribution in [0.2, 0.25) is 0 Å². The summed E-state index contributed by atoms with van der Waals surface area (Å²) < 4.78 is 0. The molecule has 0 spiro atoms. The summed E-state index contributed by atoms with van der Waals surface area (Å²) in [5.74, 6) is 1.59. The zero-order chi connectivity index (χ0) is 39.4. The highest BCUT2D eigenvalue weighted by atomic mass is 15.1. The van der Waals surface area contributed by atoms with Gasteiger partial charge < -0.3 is 9.80 Å². The number of benzene rings is 8. The number of hydrogen-bond donors (Lipinski definition) is 0. The van der Waals surface area contributed by atoms with Crippen molar-refractivity contribution >= 4 is 66.4 Å². The van der Waals surface area contributed by atoms with Crippen molar-refractivity contribution in [2.75, 3.05) is 9.80 Å². The van der Waals surface area contributed by atoms with Gasteiger partial charge in [0.1, 0.15) is 0 Å². The highest BCUT2D eigenvalue weighted by Gasteiger charge is 2.26. The van der Waals surface area contributed by atoms with Crippen molar-refractivity contribution < 1.29 is 0 Å². The van der Waals surface area contributed by atoms with Crippen LogP contribution in [-0.2, 0) is 0 Å². The summed E-state index contributed by atoms with van der Waals surface area (Å²) in [6, 6.07) is 51.0. The molecule has 0 unspecified atom stereocenters. The van der Waals surface area contributed by atoms with Crippen LogP contribution in [0.1, 0.15) is 112 Å². The fourth-order valence-corrected chi connectivity index (χ4v) is 8.59. The van der Waals surface area contributed by atoms with Crippen molar-refractivity contribution in [1.82, 2.24) is 0 Å². The first-order chi connectivity index (χ1) is 26.9. The molecule has 8 aromatic rings. The van der Waals surface area contributed by atoms with Crippen molar-refractivity contribution in [2.45, 2.75) is 92.9 Å². The lowest BCUT2D eigenvalue weighted by atomic mass is 9.84. The summed E-state index contributed by atoms with van der Waals surface area (Å²) in [5.41, 5.74) is 15.0. The Morgan fingerprint density at radius 1 is 0.321 bits per heavy atom. The van der Waals surface area contributed by atoms with E-state index in [4.69, 9.17) is 0 Å². The monoisotopic (exact) mass is 732 g/mol. The average molecular weight is 733 g/mol. The summed E-state index contributed by atoms with van der Waals surface area (Å²) in [5, 5.41) is 7.91. The molecule has 0 N–H and O–H groups in total. The molecule has 0 amide bonds. The zero-order valence-corrected chi connectivity index (χ0v) is 34.9. The Kier molecular flexibility index (Phi) is 9.87. The molecule has 0 atom stereocenters. The Balaban J connectivity index is 1.48. The van der Waals surface area contributed by atoms with E-state index >= 15 is 0 Å². The first-order valence-electron chi connectivity index (χ1n) is 20.6. The second-order valence-corrected chi connectivity index (χ2v) is 17.2. The Bertz CT molecular complexity index is 2440. The van der Waals surface area contributed by atoms with Crippen LogP contribution in [0.15, 0.2) is 133 Å². The van der Waals surface area contributed by atoms with Gasteiger partial charge in [-0.05, 0) is 142 Å². The smallest absolute Gasteiger partial charge is 0.0543 e. The van der Waals surface area contributed by atoms with E-state index < -0.39 is 0 Å². The van der Waals surface area contributed by atoms with E-state index in [1.165, 1.54) is 88.4 Å². The Labute approximate surface area is 334 Å². The van der Waals surface area contributed by atoms with E-state index in [1.54, 1.807) is 0 Å². The molecule has 0 radical (unpaired) electrons. The molecule has 0 aliphatic rings. The van der Waals surface area contributed by atoms with Gasteiger partial charge in [0.05, 0.1) is 11.4 Å². The zero-order valence-electron chi connectivity index (χ0n) is 34.9. The average Bonchev–Trinajstić information content (AvgIpc) is 3.19. The second-order valence-electron chi connectivity index (χ2n) is 17.2. The maximum absolute atomic E-state index is 2.49. The van der Waals surface area contributed by atoms with Crippen LogP contribution in [0.4, 0.5) is 34.1 Å². The van der Waals surface area contributed by atoms with E-state index in [-0.39, 0.29) is 0 Å². The molecule has 8 aromatic carbocycles. The summed E-state index contributed by atoms with van der Waals surface area (Å²) in [7, 11) is 0. The minimum atomic E-state index is 0.328. The summed E-state index contributed by atoms with van der Waals surface area (Å²) >= 11 is 0. The normalized spacial score (nSPS) is 12.0. The lowest BCUT2D eigenvalue weighted by molar-refractivity contribution is 0.866. The molecule has 8 rings (SSSR count). The maximum Gasteiger partial charge on any atom is 0.0543 e. The minimum Gasteiger partial charge on any atom is -0.310 e. The number of aryl methyl sites for hydroxylation is 2. The summed E-state index contributed by atoms with van der Waals surface area (Å²) in [6.45, 7) is 22.8. The van der Waals surface area contributed by atoms with Crippen molar-refractivity contribution in [3.05, 3.63) is 167 Å². The molecule has 0 heterocycles. The lowest BCUT2D eigenvalue weighted by Crippen LogP contribution is -2.13. The minimum absolute atomic E-state index is 0.328. The fourth-order valence-electron chi connectivity index (χ4n) is 8.59. The molecular weight excluding hydrogens is 677 g/mol. The first kappa shape index (κ1) is 37.3. The molecule has 0 saturated carbocycles. The highest BCUT2D eigenvalue weighted by Crippen LogP contribution is 2.51. The van der Waals surface area contributed by atoms with E-state index in [1.807, 2.05) is 0 Å². The van der Waals surface area contributed by atoms with Gasteiger partial charge in [-0.2, -0.15) is 0 Å². The topological polar surface area (TPSA) is 6.48 Å². The third-order valence-electron chi connectivity index (χ3n) is 11.9. The van der Waals surface area contributed by atoms with Crippen LogP contribution < -0.4 is 9.80 Å². The van der Waals surface area contributed by atoms with Gasteiger partial charge in [-0.1, -0.05) is 139 Å². The van der Waals surface area contributed by atoms with Crippen LogP contribution in [0.3, 0.4) is 0 Å². The van der Waals surface area contributed by atoms with Gasteiger partial charge in [-0.3, -0.25) is 0 Å². The molecule has 2 nitrogen and oxygen atoms in total. The van der Waals surface area contributed by atoms with Crippen molar-refractivity contribution in [1.29, 1.82) is 0 Å². The summed E-state index contributed by atoms with van der Waals surface area (Å²) in [6.07, 6.45) is 0. The quantitative estimate of drug-likeness (QED) is 0.129. The van der Waals surface area contributed by atoms with Crippen LogP contribution in [0, 0.1) is 13.8 Å². The highest BCUT2D eigenvalue weighted by molar-refractivity contribution is 6.29. The lowest BCUT2D eigenvalue weighted by Gasteiger charge is -2.32. The van der Waals surface area contributed by atoms with Gasteiger partial charge in [-0.25, -0.2) is 0 Å². The van der Waals surface area contributed by atoms with Crippen LogP contribution in [0.5, 0.6) is 0 Å².